The van der Waals surface area contributed by atoms with E-state index in [0.29, 0.717) is 4.90 Å². The minimum atomic E-state index is -4.62. The van der Waals surface area contributed by atoms with Crippen LogP contribution in [0, 0.1) is 0 Å². The predicted octanol–water partition coefficient (Wildman–Crippen LogP) is 5.18. The second-order valence-corrected chi connectivity index (χ2v) is 9.88. The van der Waals surface area contributed by atoms with E-state index in [4.69, 9.17) is 0 Å². The predicted molar refractivity (Wildman–Crippen MR) is 112 cm³/mol. The summed E-state index contributed by atoms with van der Waals surface area (Å²) in [7, 11) is -3.63. The summed E-state index contributed by atoms with van der Waals surface area (Å²) < 4.78 is 71.7. The Hall–Kier alpha value is -1.97. The maximum atomic E-state index is 13.7. The van der Waals surface area contributed by atoms with E-state index >= 15 is 0 Å². The number of fused-ring (bicyclic) bond motifs is 1. The highest BCUT2D eigenvalue weighted by atomic mass is 32.2. The van der Waals surface area contributed by atoms with Crippen molar-refractivity contribution in [3.05, 3.63) is 60.3 Å². The van der Waals surface area contributed by atoms with Crippen LogP contribution in [0.3, 0.4) is 0 Å². The van der Waals surface area contributed by atoms with Gasteiger partial charge in [0, 0.05) is 17.6 Å². The summed E-state index contributed by atoms with van der Waals surface area (Å²) in [6.45, 7) is 0. The smallest absolute Gasteiger partial charge is 0.261 e. The molecular weight excluding hydrogens is 433 g/mol. The number of rotatable bonds is 5. The molecule has 160 valence electrons. The van der Waals surface area contributed by atoms with Crippen LogP contribution in [0.15, 0.2) is 64.5 Å². The molecule has 4 nitrogen and oxygen atoms in total. The molecule has 0 bridgehead atoms. The fraction of sp³-hybridized carbons (Fsp3) is 0.333. The van der Waals surface area contributed by atoms with Crippen LogP contribution in [0.2, 0.25) is 0 Å². The van der Waals surface area contributed by atoms with Crippen molar-refractivity contribution in [1.82, 2.24) is 8.69 Å². The van der Waals surface area contributed by atoms with E-state index in [1.165, 1.54) is 22.3 Å². The van der Waals surface area contributed by atoms with E-state index in [1.54, 1.807) is 30.3 Å². The summed E-state index contributed by atoms with van der Waals surface area (Å²) in [6, 6.07) is 12.2. The van der Waals surface area contributed by atoms with Crippen LogP contribution in [-0.2, 0) is 28.1 Å². The zero-order valence-electron chi connectivity index (χ0n) is 16.0. The first kappa shape index (κ1) is 21.3. The minimum absolute atomic E-state index is 0.00402. The first-order valence-electron chi connectivity index (χ1n) is 9.73. The van der Waals surface area contributed by atoms with E-state index in [-0.39, 0.29) is 21.8 Å². The first-order valence-corrected chi connectivity index (χ1v) is 12.0. The van der Waals surface area contributed by atoms with Crippen molar-refractivity contribution in [2.45, 2.75) is 54.1 Å². The number of halogens is 3. The quantitative estimate of drug-likeness (QED) is 0.578. The fourth-order valence-electron chi connectivity index (χ4n) is 3.82. The summed E-state index contributed by atoms with van der Waals surface area (Å²) in [5.74, 6) is 0. The van der Waals surface area contributed by atoms with Crippen molar-refractivity contribution in [2.75, 3.05) is 0 Å². The van der Waals surface area contributed by atoms with Crippen LogP contribution in [0.25, 0.3) is 10.9 Å². The van der Waals surface area contributed by atoms with Gasteiger partial charge in [0.1, 0.15) is 11.0 Å². The van der Waals surface area contributed by atoms with E-state index in [2.05, 4.69) is 4.72 Å². The lowest BCUT2D eigenvalue weighted by atomic mass is 9.96. The molecule has 0 radical (unpaired) electrons. The van der Waals surface area contributed by atoms with Crippen LogP contribution in [0.4, 0.5) is 13.2 Å². The second kappa shape index (κ2) is 8.64. The number of nitrogens with zero attached hydrogens (tertiary/aromatic N) is 1. The van der Waals surface area contributed by atoms with Gasteiger partial charge in [-0.2, -0.15) is 13.2 Å². The molecule has 0 saturated heterocycles. The second-order valence-electron chi connectivity index (χ2n) is 7.30. The Morgan fingerprint density at radius 1 is 0.933 bits per heavy atom. The molecule has 9 heteroatoms. The largest absolute Gasteiger partial charge is 0.417 e. The molecule has 1 aliphatic rings. The molecule has 1 aliphatic carbocycles. The van der Waals surface area contributed by atoms with Gasteiger partial charge in [-0.15, -0.1) is 0 Å². The van der Waals surface area contributed by atoms with Crippen LogP contribution >= 0.6 is 0 Å². The lowest BCUT2D eigenvalue weighted by Gasteiger charge is -2.22. The van der Waals surface area contributed by atoms with Crippen LogP contribution in [0.1, 0.15) is 37.7 Å². The molecule has 1 saturated carbocycles. The van der Waals surface area contributed by atoms with Gasteiger partial charge in [-0.25, -0.2) is 13.1 Å². The van der Waals surface area contributed by atoms with E-state index in [1.807, 2.05) is 0 Å². The van der Waals surface area contributed by atoms with E-state index < -0.39 is 33.7 Å². The molecule has 1 N–H and O–H groups in total. The highest BCUT2D eigenvalue weighted by Crippen LogP contribution is 2.39. The zero-order valence-corrected chi connectivity index (χ0v) is 17.7. The van der Waals surface area contributed by atoms with Gasteiger partial charge in [0.15, 0.2) is 11.0 Å². The molecular formula is C21H21F3N2O2S2. The van der Waals surface area contributed by atoms with E-state index in [9.17, 15) is 21.6 Å². The van der Waals surface area contributed by atoms with Crippen LogP contribution < -0.4 is 4.72 Å². The normalized spacial score (nSPS) is 17.8. The molecule has 1 heterocycles. The molecule has 2 unspecified atom stereocenters. The minimum Gasteiger partial charge on any atom is -0.261 e. The van der Waals surface area contributed by atoms with Crippen molar-refractivity contribution >= 4 is 32.9 Å². The van der Waals surface area contributed by atoms with Gasteiger partial charge < -0.3 is 0 Å². The van der Waals surface area contributed by atoms with Gasteiger partial charge in [-0.3, -0.25) is 3.97 Å². The van der Waals surface area contributed by atoms with Crippen molar-refractivity contribution < 1.29 is 21.6 Å². The van der Waals surface area contributed by atoms with Gasteiger partial charge in [-0.05, 0) is 37.1 Å². The molecule has 0 aliphatic heterocycles. The number of alkyl halides is 3. The SMILES string of the molecule is O=S(NC1CCCCC1)c1cn(S(=O)c2ccccc2)c2cccc(C(F)(F)F)c12. The number of aromatic nitrogens is 1. The number of hydrogen-bond acceptors (Lipinski definition) is 2. The Balaban J connectivity index is 1.84. The van der Waals surface area contributed by atoms with Gasteiger partial charge in [-0.1, -0.05) is 43.5 Å². The summed E-state index contributed by atoms with van der Waals surface area (Å²) in [5, 5.41) is -0.170. The van der Waals surface area contributed by atoms with Gasteiger partial charge >= 0.3 is 6.18 Å². The standard InChI is InChI=1S/C21H21F3N2O2S2/c22-21(23,24)17-12-7-13-18-20(17)19(29(27)25-15-8-3-1-4-9-15)14-26(18)30(28)16-10-5-2-6-11-16/h2,5-7,10-15,25H,1,3-4,8-9H2. The Bertz CT molecular complexity index is 1090. The number of hydrogen-bond donors (Lipinski definition) is 1. The fourth-order valence-corrected chi connectivity index (χ4v) is 6.31. The lowest BCUT2D eigenvalue weighted by Crippen LogP contribution is -2.32. The van der Waals surface area contributed by atoms with Crippen LogP contribution in [-0.4, -0.2) is 18.4 Å². The van der Waals surface area contributed by atoms with Crippen molar-refractivity contribution in [2.24, 2.45) is 0 Å². The first-order chi connectivity index (χ1) is 14.4. The Kier molecular flexibility index (Phi) is 6.13. The van der Waals surface area contributed by atoms with Crippen molar-refractivity contribution in [3.8, 4) is 0 Å². The molecule has 1 aromatic heterocycles. The number of benzene rings is 2. The Morgan fingerprint density at radius 2 is 1.63 bits per heavy atom. The summed E-state index contributed by atoms with van der Waals surface area (Å²) >= 11 is 0. The number of nitrogens with one attached hydrogen (secondary N) is 1. The maximum absolute atomic E-state index is 13.7. The third kappa shape index (κ3) is 4.24. The van der Waals surface area contributed by atoms with Gasteiger partial charge in [0.2, 0.25) is 0 Å². The Morgan fingerprint density at radius 3 is 2.30 bits per heavy atom. The summed E-state index contributed by atoms with van der Waals surface area (Å²) in [4.78, 5) is 0.456. The molecule has 3 aromatic rings. The molecule has 2 atom stereocenters. The molecule has 30 heavy (non-hydrogen) atoms. The summed E-state index contributed by atoms with van der Waals surface area (Å²) in [5.41, 5.74) is -0.738. The van der Waals surface area contributed by atoms with Gasteiger partial charge in [0.05, 0.1) is 20.9 Å². The molecule has 2 aromatic carbocycles. The molecule has 0 amide bonds. The van der Waals surface area contributed by atoms with Crippen molar-refractivity contribution in [3.63, 3.8) is 0 Å². The topological polar surface area (TPSA) is 51.1 Å². The van der Waals surface area contributed by atoms with Crippen molar-refractivity contribution in [1.29, 1.82) is 0 Å². The maximum Gasteiger partial charge on any atom is 0.417 e. The average molecular weight is 455 g/mol. The van der Waals surface area contributed by atoms with Crippen LogP contribution in [0.5, 0.6) is 0 Å². The molecule has 1 fully saturated rings. The average Bonchev–Trinajstić information content (AvgIpc) is 3.14. The third-order valence-corrected chi connectivity index (χ3v) is 7.86. The van der Waals surface area contributed by atoms with E-state index in [0.717, 1.165) is 38.2 Å². The third-order valence-electron chi connectivity index (χ3n) is 5.27. The zero-order chi connectivity index (χ0) is 21.3. The highest BCUT2D eigenvalue weighted by Gasteiger charge is 2.35. The lowest BCUT2D eigenvalue weighted by molar-refractivity contribution is -0.136. The molecule has 4 rings (SSSR count). The Labute approximate surface area is 177 Å². The summed E-state index contributed by atoms with van der Waals surface area (Å²) in [6.07, 6.45) is 1.50. The molecule has 0 spiro atoms. The highest BCUT2D eigenvalue weighted by molar-refractivity contribution is 7.84. The monoisotopic (exact) mass is 454 g/mol. The van der Waals surface area contributed by atoms with Gasteiger partial charge in [0.25, 0.3) is 0 Å².